The Balaban J connectivity index is 0.00000176. The van der Waals surface area contributed by atoms with E-state index in [-0.39, 0.29) is 24.0 Å². The van der Waals surface area contributed by atoms with Crippen LogP contribution in [0.1, 0.15) is 52.4 Å². The topological polar surface area (TPSA) is 39.7 Å². The van der Waals surface area contributed by atoms with Crippen LogP contribution in [0, 0.1) is 11.8 Å². The Morgan fingerprint density at radius 3 is 2.50 bits per heavy atom. The molecule has 22 heavy (non-hydrogen) atoms. The zero-order valence-corrected chi connectivity index (χ0v) is 16.5. The molecule has 4 nitrogen and oxygen atoms in total. The Kier molecular flexibility index (Phi) is 7.25. The van der Waals surface area contributed by atoms with Gasteiger partial charge in [0.2, 0.25) is 0 Å². The first kappa shape index (κ1) is 18.3. The van der Waals surface area contributed by atoms with Gasteiger partial charge in [-0.3, -0.25) is 9.89 Å². The molecule has 0 aromatic rings. The zero-order chi connectivity index (χ0) is 14.7. The van der Waals surface area contributed by atoms with Crippen LogP contribution in [0.5, 0.6) is 0 Å². The predicted molar refractivity (Wildman–Crippen MR) is 104 cm³/mol. The largest absolute Gasteiger partial charge is 0.357 e. The lowest BCUT2D eigenvalue weighted by Gasteiger charge is -2.21. The lowest BCUT2D eigenvalue weighted by Crippen LogP contribution is -2.46. The average Bonchev–Trinajstić information content (AvgIpc) is 3.07. The van der Waals surface area contributed by atoms with E-state index in [1.54, 1.807) is 0 Å². The van der Waals surface area contributed by atoms with Crippen molar-refractivity contribution in [1.29, 1.82) is 0 Å². The van der Waals surface area contributed by atoms with Gasteiger partial charge in [-0.2, -0.15) is 0 Å². The highest BCUT2D eigenvalue weighted by atomic mass is 127. The van der Waals surface area contributed by atoms with Crippen LogP contribution in [0.25, 0.3) is 0 Å². The maximum atomic E-state index is 4.85. The summed E-state index contributed by atoms with van der Waals surface area (Å²) in [6, 6.07) is 1.45. The number of halogens is 1. The first-order valence-corrected chi connectivity index (χ1v) is 9.05. The fraction of sp³-hybridized carbons (Fsp3) is 0.941. The van der Waals surface area contributed by atoms with Gasteiger partial charge in [0.05, 0.1) is 0 Å². The Morgan fingerprint density at radius 2 is 1.86 bits per heavy atom. The Labute approximate surface area is 152 Å². The molecule has 3 aliphatic rings. The van der Waals surface area contributed by atoms with Gasteiger partial charge in [-0.25, -0.2) is 0 Å². The molecule has 0 spiro atoms. The van der Waals surface area contributed by atoms with Gasteiger partial charge in [-0.05, 0) is 44.4 Å². The van der Waals surface area contributed by atoms with E-state index in [4.69, 9.17) is 4.99 Å². The molecule has 0 aromatic heterocycles. The van der Waals surface area contributed by atoms with Crippen molar-refractivity contribution < 1.29 is 0 Å². The van der Waals surface area contributed by atoms with Crippen molar-refractivity contribution in [2.75, 3.05) is 26.2 Å². The molecular weight excluding hydrogens is 387 g/mol. The van der Waals surface area contributed by atoms with Crippen molar-refractivity contribution in [2.45, 2.75) is 64.5 Å². The lowest BCUT2D eigenvalue weighted by atomic mass is 10.1. The summed E-state index contributed by atoms with van der Waals surface area (Å²) in [6.45, 7) is 8.93. The normalized spacial score (nSPS) is 30.4. The average molecular weight is 420 g/mol. The second-order valence-corrected chi connectivity index (χ2v) is 7.28. The summed E-state index contributed by atoms with van der Waals surface area (Å²) in [7, 11) is 0. The lowest BCUT2D eigenvalue weighted by molar-refractivity contribution is 0.315. The summed E-state index contributed by atoms with van der Waals surface area (Å²) in [4.78, 5) is 7.52. The maximum absolute atomic E-state index is 4.85. The summed E-state index contributed by atoms with van der Waals surface area (Å²) >= 11 is 0. The summed E-state index contributed by atoms with van der Waals surface area (Å²) in [5, 5.41) is 7.13. The number of hydrogen-bond donors (Lipinski definition) is 2. The summed E-state index contributed by atoms with van der Waals surface area (Å²) in [5.74, 6) is 2.59. The van der Waals surface area contributed by atoms with Gasteiger partial charge in [0, 0.05) is 38.3 Å². The van der Waals surface area contributed by atoms with Gasteiger partial charge in [-0.1, -0.05) is 19.8 Å². The molecule has 2 unspecified atom stereocenters. The van der Waals surface area contributed by atoms with E-state index in [1.807, 2.05) is 0 Å². The van der Waals surface area contributed by atoms with Crippen LogP contribution in [0.2, 0.25) is 0 Å². The molecule has 0 bridgehead atoms. The quantitative estimate of drug-likeness (QED) is 0.408. The first-order chi connectivity index (χ1) is 10.3. The number of rotatable bonds is 5. The van der Waals surface area contributed by atoms with Gasteiger partial charge < -0.3 is 10.6 Å². The fourth-order valence-electron chi connectivity index (χ4n) is 3.84. The number of nitrogens with zero attached hydrogens (tertiary/aromatic N) is 2. The molecule has 5 heteroatoms. The van der Waals surface area contributed by atoms with E-state index < -0.39 is 0 Å². The highest BCUT2D eigenvalue weighted by Gasteiger charge is 2.38. The van der Waals surface area contributed by atoms with E-state index in [0.717, 1.165) is 36.9 Å². The third-order valence-corrected chi connectivity index (χ3v) is 5.35. The number of guanidine groups is 1. The van der Waals surface area contributed by atoms with Crippen molar-refractivity contribution in [2.24, 2.45) is 16.8 Å². The Hall–Kier alpha value is -0.0400. The highest BCUT2D eigenvalue weighted by molar-refractivity contribution is 14.0. The van der Waals surface area contributed by atoms with Crippen LogP contribution < -0.4 is 10.6 Å². The van der Waals surface area contributed by atoms with E-state index >= 15 is 0 Å². The number of nitrogens with one attached hydrogen (secondary N) is 2. The molecular formula is C17H33IN4. The molecule has 2 atom stereocenters. The van der Waals surface area contributed by atoms with Gasteiger partial charge in [-0.15, -0.1) is 24.0 Å². The van der Waals surface area contributed by atoms with Crippen molar-refractivity contribution in [3.05, 3.63) is 0 Å². The molecule has 0 aromatic carbocycles. The maximum Gasteiger partial charge on any atom is 0.191 e. The van der Waals surface area contributed by atoms with Gasteiger partial charge in [0.1, 0.15) is 0 Å². The third kappa shape index (κ3) is 4.98. The molecule has 3 rings (SSSR count). The van der Waals surface area contributed by atoms with E-state index in [9.17, 15) is 0 Å². The van der Waals surface area contributed by atoms with Crippen LogP contribution >= 0.6 is 24.0 Å². The minimum Gasteiger partial charge on any atom is -0.357 e. The predicted octanol–water partition coefficient (Wildman–Crippen LogP) is 2.83. The van der Waals surface area contributed by atoms with Crippen molar-refractivity contribution in [3.8, 4) is 0 Å². The van der Waals surface area contributed by atoms with Crippen LogP contribution in [0.4, 0.5) is 0 Å². The van der Waals surface area contributed by atoms with Crippen LogP contribution in [0.15, 0.2) is 4.99 Å². The standard InChI is InChI=1S/C17H32N4.HI/c1-3-18-17(19-10-14-6-4-5-7-14)20-16-12-21(11-13(16)2)15-8-9-15;/h13-16H,3-12H2,1-2H3,(H2,18,19,20);1H. The molecule has 2 saturated carbocycles. The number of likely N-dealkylation sites (tertiary alicyclic amines) is 1. The summed E-state index contributed by atoms with van der Waals surface area (Å²) in [6.07, 6.45) is 8.38. The second-order valence-electron chi connectivity index (χ2n) is 7.28. The molecule has 1 saturated heterocycles. The van der Waals surface area contributed by atoms with E-state index in [0.29, 0.717) is 6.04 Å². The number of hydrogen-bond acceptors (Lipinski definition) is 2. The smallest absolute Gasteiger partial charge is 0.191 e. The Morgan fingerprint density at radius 1 is 1.14 bits per heavy atom. The van der Waals surface area contributed by atoms with Gasteiger partial charge in [0.25, 0.3) is 0 Å². The molecule has 0 amide bonds. The second kappa shape index (κ2) is 8.71. The minimum atomic E-state index is 0. The van der Waals surface area contributed by atoms with Crippen molar-refractivity contribution >= 4 is 29.9 Å². The molecule has 0 radical (unpaired) electrons. The molecule has 2 N–H and O–H groups in total. The van der Waals surface area contributed by atoms with Gasteiger partial charge >= 0.3 is 0 Å². The molecule has 1 heterocycles. The van der Waals surface area contributed by atoms with Crippen LogP contribution in [0.3, 0.4) is 0 Å². The molecule has 128 valence electrons. The van der Waals surface area contributed by atoms with E-state index in [2.05, 4.69) is 29.4 Å². The Bertz CT molecular complexity index is 364. The monoisotopic (exact) mass is 420 g/mol. The molecule has 1 aliphatic heterocycles. The summed E-state index contributed by atoms with van der Waals surface area (Å²) < 4.78 is 0. The highest BCUT2D eigenvalue weighted by Crippen LogP contribution is 2.31. The SMILES string of the molecule is CCNC(=NCC1CCCC1)NC1CN(C2CC2)CC1C.I. The number of aliphatic imine (C=N–C) groups is 1. The first-order valence-electron chi connectivity index (χ1n) is 9.05. The fourth-order valence-corrected chi connectivity index (χ4v) is 3.84. The molecule has 2 aliphatic carbocycles. The molecule has 3 fully saturated rings. The van der Waals surface area contributed by atoms with Crippen molar-refractivity contribution in [3.63, 3.8) is 0 Å². The van der Waals surface area contributed by atoms with Crippen LogP contribution in [-0.2, 0) is 0 Å². The van der Waals surface area contributed by atoms with Crippen molar-refractivity contribution in [1.82, 2.24) is 15.5 Å². The van der Waals surface area contributed by atoms with Crippen LogP contribution in [-0.4, -0.2) is 49.1 Å². The third-order valence-electron chi connectivity index (χ3n) is 5.35. The minimum absolute atomic E-state index is 0. The van der Waals surface area contributed by atoms with Gasteiger partial charge in [0.15, 0.2) is 5.96 Å². The summed E-state index contributed by atoms with van der Waals surface area (Å²) in [5.41, 5.74) is 0. The zero-order valence-electron chi connectivity index (χ0n) is 14.2. The van der Waals surface area contributed by atoms with E-state index in [1.165, 1.54) is 51.6 Å².